The van der Waals surface area contributed by atoms with Crippen LogP contribution in [0.3, 0.4) is 0 Å². The lowest BCUT2D eigenvalue weighted by Crippen LogP contribution is -2.28. The van der Waals surface area contributed by atoms with Crippen molar-refractivity contribution in [3.63, 3.8) is 0 Å². The number of benzene rings is 2. The Hall–Kier alpha value is -3.37. The number of carbonyl (C=O) groups excluding carboxylic acids is 1. The molecule has 1 aliphatic rings. The summed E-state index contributed by atoms with van der Waals surface area (Å²) in [6.07, 6.45) is 1.63. The molecule has 2 N–H and O–H groups in total. The normalized spacial score (nSPS) is 14.4. The molecule has 0 unspecified atom stereocenters. The van der Waals surface area contributed by atoms with E-state index in [0.717, 1.165) is 24.1 Å². The molecule has 1 amide bonds. The maximum absolute atomic E-state index is 12.8. The first-order valence-electron chi connectivity index (χ1n) is 10.5. The fraction of sp³-hybridized carbons (Fsp3) is 0.304. The highest BCUT2D eigenvalue weighted by Crippen LogP contribution is 2.30. The van der Waals surface area contributed by atoms with Gasteiger partial charge in [0, 0.05) is 18.7 Å². The van der Waals surface area contributed by atoms with Crippen molar-refractivity contribution >= 4 is 21.6 Å². The standard InChI is InChI=1S/C23H25N3O6S/c1-15-20(16(2)32-25-15)14-31-18-7-5-6-17(12-18)23(28)24-21-13-19(8-9-22(21)27)33(29,30)26-10-3-4-11-26/h5-9,12-13,27H,3-4,10-11,14H2,1-2H3,(H,24,28). The van der Waals surface area contributed by atoms with E-state index in [1.807, 2.05) is 6.92 Å². The van der Waals surface area contributed by atoms with Crippen LogP contribution >= 0.6 is 0 Å². The summed E-state index contributed by atoms with van der Waals surface area (Å²) in [4.78, 5) is 12.8. The third kappa shape index (κ3) is 4.86. The number of hydrogen-bond acceptors (Lipinski definition) is 7. The molecule has 1 saturated heterocycles. The van der Waals surface area contributed by atoms with Crippen molar-refractivity contribution in [1.29, 1.82) is 0 Å². The quantitative estimate of drug-likeness (QED) is 0.505. The van der Waals surface area contributed by atoms with Gasteiger partial charge in [0.25, 0.3) is 5.91 Å². The molecule has 1 aliphatic heterocycles. The number of carbonyl (C=O) groups is 1. The predicted octanol–water partition coefficient (Wildman–Crippen LogP) is 3.61. The van der Waals surface area contributed by atoms with Crippen molar-refractivity contribution in [1.82, 2.24) is 9.46 Å². The highest BCUT2D eigenvalue weighted by Gasteiger charge is 2.28. The van der Waals surface area contributed by atoms with Crippen molar-refractivity contribution in [2.45, 2.75) is 38.2 Å². The molecule has 174 valence electrons. The summed E-state index contributed by atoms with van der Waals surface area (Å²) >= 11 is 0. The first-order valence-corrected chi connectivity index (χ1v) is 12.0. The summed E-state index contributed by atoms with van der Waals surface area (Å²) in [5, 5.41) is 16.7. The zero-order valence-electron chi connectivity index (χ0n) is 18.4. The maximum atomic E-state index is 12.8. The Morgan fingerprint density at radius 3 is 2.64 bits per heavy atom. The molecule has 0 bridgehead atoms. The first-order chi connectivity index (χ1) is 15.8. The summed E-state index contributed by atoms with van der Waals surface area (Å²) in [7, 11) is -3.68. The molecule has 0 saturated carbocycles. The first kappa shape index (κ1) is 22.8. The van der Waals surface area contributed by atoms with Crippen molar-refractivity contribution in [3.8, 4) is 11.5 Å². The van der Waals surface area contributed by atoms with E-state index in [4.69, 9.17) is 9.26 Å². The Morgan fingerprint density at radius 1 is 1.18 bits per heavy atom. The number of anilines is 1. The number of phenolic OH excluding ortho intramolecular Hbond substituents is 1. The summed E-state index contributed by atoms with van der Waals surface area (Å²) < 4.78 is 38.0. The summed E-state index contributed by atoms with van der Waals surface area (Å²) in [5.41, 5.74) is 1.88. The highest BCUT2D eigenvalue weighted by atomic mass is 32.2. The third-order valence-electron chi connectivity index (χ3n) is 5.58. The Kier molecular flexibility index (Phi) is 6.39. The number of rotatable bonds is 7. The van der Waals surface area contributed by atoms with Gasteiger partial charge in [-0.3, -0.25) is 4.79 Å². The molecule has 0 radical (unpaired) electrons. The van der Waals surface area contributed by atoms with Gasteiger partial charge < -0.3 is 19.7 Å². The Bertz CT molecular complexity index is 1260. The second-order valence-electron chi connectivity index (χ2n) is 7.86. The van der Waals surface area contributed by atoms with Gasteiger partial charge in [-0.2, -0.15) is 4.31 Å². The van der Waals surface area contributed by atoms with E-state index in [-0.39, 0.29) is 22.9 Å². The summed E-state index contributed by atoms with van der Waals surface area (Å²) in [5.74, 6) is 0.399. The molecular formula is C23H25N3O6S. The van der Waals surface area contributed by atoms with Gasteiger partial charge in [-0.1, -0.05) is 11.2 Å². The van der Waals surface area contributed by atoms with Crippen LogP contribution in [0.4, 0.5) is 5.69 Å². The smallest absolute Gasteiger partial charge is 0.255 e. The van der Waals surface area contributed by atoms with Gasteiger partial charge in [0.05, 0.1) is 21.8 Å². The Labute approximate surface area is 192 Å². The van der Waals surface area contributed by atoms with E-state index in [9.17, 15) is 18.3 Å². The van der Waals surface area contributed by atoms with E-state index in [2.05, 4.69) is 10.5 Å². The van der Waals surface area contributed by atoms with E-state index in [0.29, 0.717) is 30.2 Å². The fourth-order valence-corrected chi connectivity index (χ4v) is 5.18. The van der Waals surface area contributed by atoms with Crippen LogP contribution in [0.2, 0.25) is 0 Å². The molecule has 1 aromatic heterocycles. The zero-order chi connectivity index (χ0) is 23.6. The minimum Gasteiger partial charge on any atom is -0.506 e. The van der Waals surface area contributed by atoms with Crippen LogP contribution in [-0.4, -0.2) is 42.0 Å². The predicted molar refractivity (Wildman–Crippen MR) is 121 cm³/mol. The number of ether oxygens (including phenoxy) is 1. The number of aromatic hydroxyl groups is 1. The van der Waals surface area contributed by atoms with Gasteiger partial charge in [-0.25, -0.2) is 8.42 Å². The van der Waals surface area contributed by atoms with Crippen molar-refractivity contribution in [3.05, 3.63) is 65.0 Å². The lowest BCUT2D eigenvalue weighted by Gasteiger charge is -2.17. The van der Waals surface area contributed by atoms with Crippen molar-refractivity contribution < 1.29 is 27.6 Å². The lowest BCUT2D eigenvalue weighted by atomic mass is 10.2. The van der Waals surface area contributed by atoms with E-state index in [1.165, 1.54) is 22.5 Å². The van der Waals surface area contributed by atoms with E-state index < -0.39 is 15.9 Å². The molecule has 2 heterocycles. The number of nitrogens with zero attached hydrogens (tertiary/aromatic N) is 2. The molecule has 33 heavy (non-hydrogen) atoms. The van der Waals surface area contributed by atoms with Gasteiger partial charge in [0.15, 0.2) is 0 Å². The van der Waals surface area contributed by atoms with Gasteiger partial charge in [0.1, 0.15) is 23.9 Å². The summed E-state index contributed by atoms with van der Waals surface area (Å²) in [6, 6.07) is 10.4. The second-order valence-corrected chi connectivity index (χ2v) is 9.80. The average molecular weight is 472 g/mol. The number of aryl methyl sites for hydroxylation is 2. The summed E-state index contributed by atoms with van der Waals surface area (Å²) in [6.45, 7) is 4.79. The average Bonchev–Trinajstić information content (AvgIpc) is 3.45. The molecule has 0 spiro atoms. The van der Waals surface area contributed by atoms with E-state index >= 15 is 0 Å². The minimum absolute atomic E-state index is 0.0160. The molecule has 0 aliphatic carbocycles. The monoisotopic (exact) mass is 471 g/mol. The van der Waals surface area contributed by atoms with Crippen LogP contribution in [0.15, 0.2) is 51.9 Å². The lowest BCUT2D eigenvalue weighted by molar-refractivity contribution is 0.102. The van der Waals surface area contributed by atoms with Gasteiger partial charge in [-0.05, 0) is 63.1 Å². The fourth-order valence-electron chi connectivity index (χ4n) is 3.64. The maximum Gasteiger partial charge on any atom is 0.255 e. The van der Waals surface area contributed by atoms with Gasteiger partial charge >= 0.3 is 0 Å². The molecular weight excluding hydrogens is 446 g/mol. The minimum atomic E-state index is -3.68. The highest BCUT2D eigenvalue weighted by molar-refractivity contribution is 7.89. The van der Waals surface area contributed by atoms with Crippen LogP contribution in [0.5, 0.6) is 11.5 Å². The number of phenols is 1. The van der Waals surface area contributed by atoms with Crippen LogP contribution in [0.1, 0.15) is 40.2 Å². The second kappa shape index (κ2) is 9.24. The van der Waals surface area contributed by atoms with Crippen molar-refractivity contribution in [2.24, 2.45) is 0 Å². The number of aromatic nitrogens is 1. The zero-order valence-corrected chi connectivity index (χ0v) is 19.2. The number of hydrogen-bond donors (Lipinski definition) is 2. The molecule has 2 aromatic carbocycles. The molecule has 0 atom stereocenters. The largest absolute Gasteiger partial charge is 0.506 e. The molecule has 9 nitrogen and oxygen atoms in total. The van der Waals surface area contributed by atoms with Crippen LogP contribution in [-0.2, 0) is 16.6 Å². The van der Waals surface area contributed by atoms with Crippen molar-refractivity contribution in [2.75, 3.05) is 18.4 Å². The number of nitrogens with one attached hydrogen (secondary N) is 1. The molecule has 3 aromatic rings. The van der Waals surface area contributed by atoms with Crippen LogP contribution < -0.4 is 10.1 Å². The molecule has 10 heteroatoms. The third-order valence-corrected chi connectivity index (χ3v) is 7.47. The van der Waals surface area contributed by atoms with Gasteiger partial charge in [0.2, 0.25) is 10.0 Å². The van der Waals surface area contributed by atoms with E-state index in [1.54, 1.807) is 31.2 Å². The van der Waals surface area contributed by atoms with Crippen LogP contribution in [0, 0.1) is 13.8 Å². The topological polar surface area (TPSA) is 122 Å². The Balaban J connectivity index is 1.50. The Morgan fingerprint density at radius 2 is 1.94 bits per heavy atom. The number of amides is 1. The van der Waals surface area contributed by atoms with Gasteiger partial charge in [-0.15, -0.1) is 0 Å². The molecule has 1 fully saturated rings. The number of sulfonamides is 1. The molecule has 4 rings (SSSR count). The van der Waals surface area contributed by atoms with Crippen LogP contribution in [0.25, 0.3) is 0 Å². The SMILES string of the molecule is Cc1noc(C)c1COc1cccc(C(=O)Nc2cc(S(=O)(=O)N3CCCC3)ccc2O)c1.